The molecule has 0 radical (unpaired) electrons. The van der Waals surface area contributed by atoms with Crippen LogP contribution in [0.2, 0.25) is 0 Å². The molecule has 0 amide bonds. The standard InChI is InChI=1S/C11H11BrN4O/c1-7-10(12)8(16(2)15-7)6-9(17)11-13-4-3-5-14-11/h3-5H,6H2,1-2H3. The Balaban J connectivity index is 2.25. The maximum Gasteiger partial charge on any atom is 0.205 e. The van der Waals surface area contributed by atoms with E-state index >= 15 is 0 Å². The molecule has 2 aromatic heterocycles. The molecule has 0 unspecified atom stereocenters. The first kappa shape index (κ1) is 11.9. The van der Waals surface area contributed by atoms with Gasteiger partial charge in [-0.15, -0.1) is 0 Å². The predicted molar refractivity (Wildman–Crippen MR) is 65.7 cm³/mol. The number of ketones is 1. The molecule has 0 fully saturated rings. The number of aromatic nitrogens is 4. The molecule has 88 valence electrons. The van der Waals surface area contributed by atoms with Crippen molar-refractivity contribution in [3.8, 4) is 0 Å². The van der Waals surface area contributed by atoms with Crippen molar-refractivity contribution in [2.24, 2.45) is 7.05 Å². The van der Waals surface area contributed by atoms with Gasteiger partial charge in [0.25, 0.3) is 0 Å². The molecule has 0 saturated heterocycles. The fourth-order valence-electron chi connectivity index (χ4n) is 1.55. The van der Waals surface area contributed by atoms with Crippen LogP contribution >= 0.6 is 15.9 Å². The van der Waals surface area contributed by atoms with Crippen molar-refractivity contribution in [2.45, 2.75) is 13.3 Å². The number of carbonyl (C=O) groups excluding carboxylic acids is 1. The third-order valence-electron chi connectivity index (χ3n) is 2.40. The number of halogens is 1. The summed E-state index contributed by atoms with van der Waals surface area (Å²) in [6.45, 7) is 1.89. The van der Waals surface area contributed by atoms with Gasteiger partial charge in [-0.3, -0.25) is 9.48 Å². The topological polar surface area (TPSA) is 60.7 Å². The molecule has 2 heterocycles. The van der Waals surface area contributed by atoms with Crippen LogP contribution in [0.25, 0.3) is 0 Å². The first-order valence-corrected chi connectivity index (χ1v) is 5.87. The van der Waals surface area contributed by atoms with Crippen molar-refractivity contribution < 1.29 is 4.79 Å². The van der Waals surface area contributed by atoms with Crippen molar-refractivity contribution in [2.75, 3.05) is 0 Å². The van der Waals surface area contributed by atoms with Gasteiger partial charge in [0.15, 0.2) is 5.82 Å². The Morgan fingerprint density at radius 2 is 2.06 bits per heavy atom. The van der Waals surface area contributed by atoms with Gasteiger partial charge >= 0.3 is 0 Å². The SMILES string of the molecule is Cc1nn(C)c(CC(=O)c2ncccn2)c1Br. The molecule has 0 bridgehead atoms. The van der Waals surface area contributed by atoms with Crippen LogP contribution in [0.15, 0.2) is 22.9 Å². The number of rotatable bonds is 3. The lowest BCUT2D eigenvalue weighted by molar-refractivity contribution is 0.0980. The minimum atomic E-state index is -0.116. The van der Waals surface area contributed by atoms with E-state index in [1.54, 1.807) is 23.1 Å². The van der Waals surface area contributed by atoms with Crippen LogP contribution in [0.4, 0.5) is 0 Å². The molecule has 0 spiro atoms. The number of carbonyl (C=O) groups is 1. The molecular formula is C11H11BrN4O. The summed E-state index contributed by atoms with van der Waals surface area (Å²) in [6, 6.07) is 1.68. The number of hydrogen-bond donors (Lipinski definition) is 0. The van der Waals surface area contributed by atoms with Crippen LogP contribution in [0.5, 0.6) is 0 Å². The average molecular weight is 295 g/mol. The fraction of sp³-hybridized carbons (Fsp3) is 0.273. The van der Waals surface area contributed by atoms with E-state index in [0.717, 1.165) is 15.9 Å². The number of hydrogen-bond acceptors (Lipinski definition) is 4. The molecule has 0 aromatic carbocycles. The molecule has 0 saturated carbocycles. The lowest BCUT2D eigenvalue weighted by Crippen LogP contribution is -2.11. The average Bonchev–Trinajstić information content (AvgIpc) is 2.57. The van der Waals surface area contributed by atoms with Crippen molar-refractivity contribution in [3.63, 3.8) is 0 Å². The van der Waals surface area contributed by atoms with Gasteiger partial charge in [-0.1, -0.05) is 0 Å². The van der Waals surface area contributed by atoms with E-state index < -0.39 is 0 Å². The zero-order valence-electron chi connectivity index (χ0n) is 9.51. The quantitative estimate of drug-likeness (QED) is 0.809. The van der Waals surface area contributed by atoms with Gasteiger partial charge in [0.1, 0.15) is 0 Å². The maximum atomic E-state index is 11.9. The molecule has 6 heteroatoms. The monoisotopic (exact) mass is 294 g/mol. The summed E-state index contributed by atoms with van der Waals surface area (Å²) < 4.78 is 2.56. The van der Waals surface area contributed by atoms with Crippen molar-refractivity contribution in [3.05, 3.63) is 40.1 Å². The molecule has 0 aliphatic carbocycles. The van der Waals surface area contributed by atoms with Gasteiger partial charge < -0.3 is 0 Å². The highest BCUT2D eigenvalue weighted by molar-refractivity contribution is 9.10. The van der Waals surface area contributed by atoms with Crippen LogP contribution in [0, 0.1) is 6.92 Å². The normalized spacial score (nSPS) is 10.5. The lowest BCUT2D eigenvalue weighted by Gasteiger charge is -2.01. The summed E-state index contributed by atoms with van der Waals surface area (Å²) in [5.41, 5.74) is 1.70. The van der Waals surface area contributed by atoms with E-state index in [1.807, 2.05) is 14.0 Å². The van der Waals surface area contributed by atoms with Crippen LogP contribution in [0.3, 0.4) is 0 Å². The summed E-state index contributed by atoms with van der Waals surface area (Å²) in [5, 5.41) is 4.23. The van der Waals surface area contributed by atoms with Crippen LogP contribution in [-0.4, -0.2) is 25.5 Å². The highest BCUT2D eigenvalue weighted by Crippen LogP contribution is 2.21. The third kappa shape index (κ3) is 2.41. The van der Waals surface area contributed by atoms with E-state index in [-0.39, 0.29) is 18.0 Å². The summed E-state index contributed by atoms with van der Waals surface area (Å²) in [5.74, 6) is 0.118. The van der Waals surface area contributed by atoms with Crippen LogP contribution in [-0.2, 0) is 13.5 Å². The van der Waals surface area contributed by atoms with E-state index in [2.05, 4.69) is 31.0 Å². The second kappa shape index (κ2) is 4.75. The zero-order valence-corrected chi connectivity index (χ0v) is 11.1. The van der Waals surface area contributed by atoms with Gasteiger partial charge in [-0.25, -0.2) is 9.97 Å². The summed E-state index contributed by atoms with van der Waals surface area (Å²) in [6.07, 6.45) is 3.36. The van der Waals surface area contributed by atoms with Crippen molar-refractivity contribution >= 4 is 21.7 Å². The fourth-order valence-corrected chi connectivity index (χ4v) is 2.02. The molecule has 17 heavy (non-hydrogen) atoms. The van der Waals surface area contributed by atoms with Crippen molar-refractivity contribution in [1.82, 2.24) is 19.7 Å². The molecule has 0 aliphatic heterocycles. The Kier molecular flexibility index (Phi) is 3.33. The Hall–Kier alpha value is -1.56. The molecular weight excluding hydrogens is 284 g/mol. The summed E-state index contributed by atoms with van der Waals surface area (Å²) in [4.78, 5) is 19.8. The van der Waals surface area contributed by atoms with Crippen LogP contribution < -0.4 is 0 Å². The second-order valence-electron chi connectivity index (χ2n) is 3.64. The van der Waals surface area contributed by atoms with Gasteiger partial charge in [-0.2, -0.15) is 5.10 Å². The Bertz CT molecular complexity index is 550. The van der Waals surface area contributed by atoms with E-state index in [9.17, 15) is 4.79 Å². The minimum Gasteiger partial charge on any atom is -0.290 e. The van der Waals surface area contributed by atoms with E-state index in [0.29, 0.717) is 0 Å². The second-order valence-corrected chi connectivity index (χ2v) is 4.44. The molecule has 0 aliphatic rings. The smallest absolute Gasteiger partial charge is 0.205 e. The molecule has 2 aromatic rings. The first-order chi connectivity index (χ1) is 8.09. The molecule has 0 atom stereocenters. The van der Waals surface area contributed by atoms with Gasteiger partial charge in [0, 0.05) is 19.4 Å². The van der Waals surface area contributed by atoms with Gasteiger partial charge in [-0.05, 0) is 28.9 Å². The third-order valence-corrected chi connectivity index (χ3v) is 3.44. The molecule has 5 nitrogen and oxygen atoms in total. The molecule has 2 rings (SSSR count). The minimum absolute atomic E-state index is 0.116. The lowest BCUT2D eigenvalue weighted by atomic mass is 10.2. The van der Waals surface area contributed by atoms with Crippen molar-refractivity contribution in [1.29, 1.82) is 0 Å². The van der Waals surface area contributed by atoms with Gasteiger partial charge in [0.05, 0.1) is 22.3 Å². The Morgan fingerprint density at radius 3 is 2.59 bits per heavy atom. The maximum absolute atomic E-state index is 11.9. The number of aryl methyl sites for hydroxylation is 2. The zero-order chi connectivity index (χ0) is 12.4. The van der Waals surface area contributed by atoms with Gasteiger partial charge in [0.2, 0.25) is 5.78 Å². The Labute approximate surface area is 107 Å². The van der Waals surface area contributed by atoms with E-state index in [1.165, 1.54) is 0 Å². The predicted octanol–water partition coefficient (Wildman–Crippen LogP) is 1.71. The summed E-state index contributed by atoms with van der Waals surface area (Å²) >= 11 is 3.43. The first-order valence-electron chi connectivity index (χ1n) is 5.07. The Morgan fingerprint density at radius 1 is 1.41 bits per heavy atom. The summed E-state index contributed by atoms with van der Waals surface area (Å²) in [7, 11) is 1.81. The highest BCUT2D eigenvalue weighted by Gasteiger charge is 2.16. The number of nitrogens with zero attached hydrogens (tertiary/aromatic N) is 4. The largest absolute Gasteiger partial charge is 0.290 e. The van der Waals surface area contributed by atoms with E-state index in [4.69, 9.17) is 0 Å². The number of Topliss-reactive ketones (excluding diaryl/α,β-unsaturated/α-hetero) is 1. The molecule has 0 N–H and O–H groups in total. The van der Waals surface area contributed by atoms with Crippen LogP contribution in [0.1, 0.15) is 22.0 Å². The highest BCUT2D eigenvalue weighted by atomic mass is 79.9.